The van der Waals surface area contributed by atoms with Crippen LogP contribution in [0.1, 0.15) is 27.6 Å². The molecule has 2 aromatic heterocycles. The summed E-state index contributed by atoms with van der Waals surface area (Å²) in [5.74, 6) is 0.747. The number of thiophene rings is 1. The lowest BCUT2D eigenvalue weighted by molar-refractivity contribution is 0.620. The minimum Gasteiger partial charge on any atom is -0.305 e. The first kappa shape index (κ1) is 10.9. The maximum atomic E-state index is 4.13. The van der Waals surface area contributed by atoms with Crippen molar-refractivity contribution in [2.75, 3.05) is 0 Å². The Labute approximate surface area is 104 Å². The van der Waals surface area contributed by atoms with E-state index < -0.39 is 0 Å². The van der Waals surface area contributed by atoms with Gasteiger partial charge < -0.3 is 5.32 Å². The quantitative estimate of drug-likeness (QED) is 0.880. The summed E-state index contributed by atoms with van der Waals surface area (Å²) in [5, 5.41) is 15.2. The molecular formula is C11H15N5S. The van der Waals surface area contributed by atoms with E-state index in [1.54, 1.807) is 17.5 Å². The predicted molar refractivity (Wildman–Crippen MR) is 65.7 cm³/mol. The molecule has 90 valence electrons. The van der Waals surface area contributed by atoms with Crippen LogP contribution >= 0.6 is 11.3 Å². The Bertz CT molecular complexity index is 494. The van der Waals surface area contributed by atoms with E-state index in [0.29, 0.717) is 6.54 Å². The lowest BCUT2D eigenvalue weighted by Crippen LogP contribution is -2.13. The van der Waals surface area contributed by atoms with Gasteiger partial charge in [0.1, 0.15) is 0 Å². The first-order chi connectivity index (χ1) is 8.31. The van der Waals surface area contributed by atoms with Crippen LogP contribution in [0, 0.1) is 0 Å². The summed E-state index contributed by atoms with van der Waals surface area (Å²) < 4.78 is 0. The monoisotopic (exact) mass is 249 g/mol. The van der Waals surface area contributed by atoms with Crippen molar-refractivity contribution < 1.29 is 0 Å². The highest BCUT2D eigenvalue weighted by Crippen LogP contribution is 2.30. The zero-order valence-electron chi connectivity index (χ0n) is 9.81. The first-order valence-corrected chi connectivity index (χ1v) is 6.67. The van der Waals surface area contributed by atoms with Crippen molar-refractivity contribution in [1.82, 2.24) is 25.5 Å². The van der Waals surface area contributed by atoms with E-state index in [-0.39, 0.29) is 0 Å². The summed E-state index contributed by atoms with van der Waals surface area (Å²) >= 11 is 1.94. The molecular weight excluding hydrogens is 234 g/mol. The first-order valence-electron chi connectivity index (χ1n) is 5.85. The Morgan fingerprint density at radius 2 is 2.35 bits per heavy atom. The Hall–Kier alpha value is -1.27. The molecule has 1 aliphatic carbocycles. The van der Waals surface area contributed by atoms with Crippen molar-refractivity contribution >= 4 is 11.3 Å². The summed E-state index contributed by atoms with van der Waals surface area (Å²) in [6.07, 6.45) is 3.86. The number of fused-ring (bicyclic) bond motifs is 1. The molecule has 6 heteroatoms. The number of aryl methyl sites for hydroxylation is 3. The van der Waals surface area contributed by atoms with E-state index in [1.807, 2.05) is 11.3 Å². The third-order valence-corrected chi connectivity index (χ3v) is 4.17. The van der Waals surface area contributed by atoms with Gasteiger partial charge in [-0.2, -0.15) is 4.80 Å². The average Bonchev–Trinajstić information content (AvgIpc) is 2.94. The Kier molecular flexibility index (Phi) is 2.90. The van der Waals surface area contributed by atoms with Crippen LogP contribution in [0.15, 0.2) is 6.07 Å². The smallest absolute Gasteiger partial charge is 0.188 e. The van der Waals surface area contributed by atoms with Gasteiger partial charge in [-0.05, 0) is 36.1 Å². The number of nitrogens with zero attached hydrogens (tertiary/aromatic N) is 4. The van der Waals surface area contributed by atoms with Crippen molar-refractivity contribution in [3.63, 3.8) is 0 Å². The Morgan fingerprint density at radius 3 is 3.12 bits per heavy atom. The molecule has 0 saturated carbocycles. The number of hydrogen-bond acceptors (Lipinski definition) is 5. The van der Waals surface area contributed by atoms with Gasteiger partial charge in [-0.15, -0.1) is 21.5 Å². The molecule has 0 bridgehead atoms. The lowest BCUT2D eigenvalue weighted by atomic mass is 10.2. The third-order valence-electron chi connectivity index (χ3n) is 2.93. The highest BCUT2D eigenvalue weighted by atomic mass is 32.1. The highest BCUT2D eigenvalue weighted by Gasteiger charge is 2.14. The molecule has 0 amide bonds. The molecule has 0 aromatic carbocycles. The fourth-order valence-electron chi connectivity index (χ4n) is 2.17. The lowest BCUT2D eigenvalue weighted by Gasteiger charge is -1.98. The molecule has 1 aliphatic rings. The number of nitrogens with one attached hydrogen (secondary N) is 1. The standard InChI is InChI=1S/C11H15N5S/c1-16-14-11(13-15-16)7-12-6-9-5-8-3-2-4-10(8)17-9/h5,12H,2-4,6-7H2,1H3. The second-order valence-corrected chi connectivity index (χ2v) is 5.53. The van der Waals surface area contributed by atoms with Crippen LogP contribution in [0.4, 0.5) is 0 Å². The maximum Gasteiger partial charge on any atom is 0.188 e. The fraction of sp³-hybridized carbons (Fsp3) is 0.545. The van der Waals surface area contributed by atoms with Crippen LogP contribution in [0.25, 0.3) is 0 Å². The number of aromatic nitrogens is 4. The van der Waals surface area contributed by atoms with Gasteiger partial charge in [0, 0.05) is 16.3 Å². The zero-order chi connectivity index (χ0) is 11.7. The number of hydrogen-bond donors (Lipinski definition) is 1. The second kappa shape index (κ2) is 4.54. The third kappa shape index (κ3) is 2.37. The number of rotatable bonds is 4. The molecule has 0 aliphatic heterocycles. The summed E-state index contributed by atoms with van der Waals surface area (Å²) in [5.41, 5.74) is 1.56. The van der Waals surface area contributed by atoms with Gasteiger partial charge >= 0.3 is 0 Å². The molecule has 0 radical (unpaired) electrons. The largest absolute Gasteiger partial charge is 0.305 e. The number of tetrazole rings is 1. The summed E-state index contributed by atoms with van der Waals surface area (Å²) in [7, 11) is 1.78. The summed E-state index contributed by atoms with van der Waals surface area (Å²) in [6.45, 7) is 1.58. The van der Waals surface area contributed by atoms with Gasteiger partial charge in [0.05, 0.1) is 13.6 Å². The Morgan fingerprint density at radius 1 is 1.41 bits per heavy atom. The van der Waals surface area contributed by atoms with E-state index in [9.17, 15) is 0 Å². The molecule has 17 heavy (non-hydrogen) atoms. The molecule has 0 unspecified atom stereocenters. The van der Waals surface area contributed by atoms with E-state index in [2.05, 4.69) is 26.8 Å². The minimum atomic E-state index is 0.677. The minimum absolute atomic E-state index is 0.677. The van der Waals surface area contributed by atoms with Crippen molar-refractivity contribution in [3.05, 3.63) is 27.2 Å². The van der Waals surface area contributed by atoms with Gasteiger partial charge in [0.2, 0.25) is 0 Å². The molecule has 2 heterocycles. The van der Waals surface area contributed by atoms with E-state index in [0.717, 1.165) is 12.4 Å². The van der Waals surface area contributed by atoms with Gasteiger partial charge in [-0.3, -0.25) is 0 Å². The van der Waals surface area contributed by atoms with Crippen molar-refractivity contribution in [2.24, 2.45) is 7.05 Å². The summed E-state index contributed by atoms with van der Waals surface area (Å²) in [4.78, 5) is 4.48. The SMILES string of the molecule is Cn1nnc(CNCc2cc3c(s2)CCC3)n1. The molecule has 0 saturated heterocycles. The Balaban J connectivity index is 1.54. The van der Waals surface area contributed by atoms with Crippen molar-refractivity contribution in [2.45, 2.75) is 32.4 Å². The average molecular weight is 249 g/mol. The maximum absolute atomic E-state index is 4.13. The summed E-state index contributed by atoms with van der Waals surface area (Å²) in [6, 6.07) is 2.34. The van der Waals surface area contributed by atoms with Gasteiger partial charge in [-0.25, -0.2) is 0 Å². The molecule has 3 rings (SSSR count). The van der Waals surface area contributed by atoms with Crippen LogP contribution < -0.4 is 5.32 Å². The predicted octanol–water partition coefficient (Wildman–Crippen LogP) is 1.05. The molecule has 2 aromatic rings. The van der Waals surface area contributed by atoms with E-state index >= 15 is 0 Å². The van der Waals surface area contributed by atoms with Crippen LogP contribution in [0.2, 0.25) is 0 Å². The highest BCUT2D eigenvalue weighted by molar-refractivity contribution is 7.12. The topological polar surface area (TPSA) is 55.6 Å². The van der Waals surface area contributed by atoms with Gasteiger partial charge in [0.15, 0.2) is 5.82 Å². The van der Waals surface area contributed by atoms with Crippen LogP contribution in [-0.2, 0) is 33.0 Å². The normalized spacial score (nSPS) is 14.2. The fourth-order valence-corrected chi connectivity index (χ4v) is 3.40. The second-order valence-electron chi connectivity index (χ2n) is 4.31. The van der Waals surface area contributed by atoms with Crippen LogP contribution in [0.3, 0.4) is 0 Å². The zero-order valence-corrected chi connectivity index (χ0v) is 10.6. The van der Waals surface area contributed by atoms with Crippen molar-refractivity contribution in [1.29, 1.82) is 0 Å². The van der Waals surface area contributed by atoms with Crippen molar-refractivity contribution in [3.8, 4) is 0 Å². The molecule has 0 spiro atoms. The molecule has 5 nitrogen and oxygen atoms in total. The van der Waals surface area contributed by atoms with Crippen LogP contribution in [0.5, 0.6) is 0 Å². The van der Waals surface area contributed by atoms with E-state index in [1.165, 1.54) is 28.9 Å². The van der Waals surface area contributed by atoms with Gasteiger partial charge in [0.25, 0.3) is 0 Å². The van der Waals surface area contributed by atoms with E-state index in [4.69, 9.17) is 0 Å². The van der Waals surface area contributed by atoms with Gasteiger partial charge in [-0.1, -0.05) is 0 Å². The molecule has 1 N–H and O–H groups in total. The molecule has 0 atom stereocenters. The molecule has 0 fully saturated rings. The van der Waals surface area contributed by atoms with Crippen LogP contribution in [-0.4, -0.2) is 20.2 Å².